The van der Waals surface area contributed by atoms with E-state index in [4.69, 9.17) is 4.74 Å². The highest BCUT2D eigenvalue weighted by atomic mass is 16.5. The molecule has 0 aromatic heterocycles. The van der Waals surface area contributed by atoms with Gasteiger partial charge in [-0.25, -0.2) is 0 Å². The molecular weight excluding hydrogens is 356 g/mol. The minimum atomic E-state index is -0.0929. The molecule has 0 saturated carbocycles. The molecular formula is C21H38N4O3. The van der Waals surface area contributed by atoms with E-state index in [1.165, 1.54) is 12.8 Å². The first-order valence-electron chi connectivity index (χ1n) is 11.3. The lowest BCUT2D eigenvalue weighted by molar-refractivity contribution is -0.143. The summed E-state index contributed by atoms with van der Waals surface area (Å²) in [5.74, 6) is 0.728. The average Bonchev–Trinajstić information content (AvgIpc) is 2.74. The molecule has 28 heavy (non-hydrogen) atoms. The molecule has 0 atom stereocenters. The molecule has 160 valence electrons. The summed E-state index contributed by atoms with van der Waals surface area (Å²) in [6.45, 7) is 11.0. The van der Waals surface area contributed by atoms with Crippen LogP contribution in [0.4, 0.5) is 0 Å². The van der Waals surface area contributed by atoms with Crippen molar-refractivity contribution in [1.82, 2.24) is 20.0 Å². The van der Waals surface area contributed by atoms with Crippen molar-refractivity contribution in [2.45, 2.75) is 51.5 Å². The molecule has 0 radical (unpaired) electrons. The lowest BCUT2D eigenvalue weighted by Gasteiger charge is -2.41. The van der Waals surface area contributed by atoms with Crippen molar-refractivity contribution in [2.75, 3.05) is 65.5 Å². The van der Waals surface area contributed by atoms with E-state index in [1.54, 1.807) is 0 Å². The zero-order chi connectivity index (χ0) is 19.8. The number of carbonyl (C=O) groups is 2. The standard InChI is InChI=1S/C21H38N4O3/c1-2-28-21(27)4-3-18-7-11-25(12-8-18)20(26)17-23-13-15-24(16-14-23)19-5-9-22-10-6-19/h18-19,22H,2-17H2,1H3. The van der Waals surface area contributed by atoms with E-state index in [0.717, 1.165) is 77.7 Å². The smallest absolute Gasteiger partial charge is 0.305 e. The van der Waals surface area contributed by atoms with Crippen LogP contribution in [-0.2, 0) is 14.3 Å². The summed E-state index contributed by atoms with van der Waals surface area (Å²) in [5.41, 5.74) is 0. The molecule has 3 rings (SSSR count). The van der Waals surface area contributed by atoms with E-state index in [2.05, 4.69) is 15.1 Å². The molecule has 3 heterocycles. The predicted octanol–water partition coefficient (Wildman–Crippen LogP) is 0.938. The lowest BCUT2D eigenvalue weighted by atomic mass is 9.92. The normalized spacial score (nSPS) is 23.7. The summed E-state index contributed by atoms with van der Waals surface area (Å²) >= 11 is 0. The fraction of sp³-hybridized carbons (Fsp3) is 0.905. The van der Waals surface area contributed by atoms with Crippen molar-refractivity contribution in [1.29, 1.82) is 0 Å². The van der Waals surface area contributed by atoms with Crippen LogP contribution >= 0.6 is 0 Å². The van der Waals surface area contributed by atoms with Crippen molar-refractivity contribution in [3.8, 4) is 0 Å². The van der Waals surface area contributed by atoms with Gasteiger partial charge in [-0.1, -0.05) is 0 Å². The molecule has 0 spiro atoms. The third-order valence-electron chi connectivity index (χ3n) is 6.62. The third kappa shape index (κ3) is 6.42. The van der Waals surface area contributed by atoms with Crippen LogP contribution in [0.15, 0.2) is 0 Å². The van der Waals surface area contributed by atoms with E-state index < -0.39 is 0 Å². The van der Waals surface area contributed by atoms with Gasteiger partial charge in [-0.3, -0.25) is 19.4 Å². The van der Waals surface area contributed by atoms with E-state index in [1.807, 2.05) is 11.8 Å². The second kappa shape index (κ2) is 11.1. The summed E-state index contributed by atoms with van der Waals surface area (Å²) in [6, 6.07) is 0.729. The Balaban J connectivity index is 1.31. The van der Waals surface area contributed by atoms with E-state index in [9.17, 15) is 9.59 Å². The number of amides is 1. The topological polar surface area (TPSA) is 65.1 Å². The third-order valence-corrected chi connectivity index (χ3v) is 6.62. The minimum Gasteiger partial charge on any atom is -0.466 e. The van der Waals surface area contributed by atoms with Gasteiger partial charge < -0.3 is 15.0 Å². The Morgan fingerprint density at radius 2 is 1.64 bits per heavy atom. The molecule has 3 saturated heterocycles. The number of rotatable bonds is 7. The number of carbonyl (C=O) groups excluding carboxylic acids is 2. The van der Waals surface area contributed by atoms with Gasteiger partial charge in [0.2, 0.25) is 5.91 Å². The number of piperazine rings is 1. The maximum absolute atomic E-state index is 12.7. The average molecular weight is 395 g/mol. The molecule has 0 unspecified atom stereocenters. The van der Waals surface area contributed by atoms with Crippen LogP contribution in [0.5, 0.6) is 0 Å². The minimum absolute atomic E-state index is 0.0929. The van der Waals surface area contributed by atoms with Crippen LogP contribution in [0, 0.1) is 5.92 Å². The first-order chi connectivity index (χ1) is 13.7. The number of piperidine rings is 2. The molecule has 7 heteroatoms. The van der Waals surface area contributed by atoms with Crippen molar-refractivity contribution < 1.29 is 14.3 Å². The van der Waals surface area contributed by atoms with Gasteiger partial charge in [0.25, 0.3) is 0 Å². The molecule has 0 bridgehead atoms. The molecule has 3 fully saturated rings. The molecule has 0 aromatic carbocycles. The Hall–Kier alpha value is -1.18. The van der Waals surface area contributed by atoms with Crippen LogP contribution in [0.25, 0.3) is 0 Å². The monoisotopic (exact) mass is 394 g/mol. The van der Waals surface area contributed by atoms with Crippen molar-refractivity contribution in [3.63, 3.8) is 0 Å². The number of nitrogens with one attached hydrogen (secondary N) is 1. The number of esters is 1. The van der Waals surface area contributed by atoms with Gasteiger partial charge >= 0.3 is 5.97 Å². The Morgan fingerprint density at radius 1 is 0.964 bits per heavy atom. The summed E-state index contributed by atoms with van der Waals surface area (Å²) in [5, 5.41) is 3.44. The van der Waals surface area contributed by atoms with E-state index in [-0.39, 0.29) is 11.9 Å². The highest BCUT2D eigenvalue weighted by molar-refractivity contribution is 5.78. The van der Waals surface area contributed by atoms with E-state index >= 15 is 0 Å². The Bertz CT molecular complexity index is 494. The van der Waals surface area contributed by atoms with E-state index in [0.29, 0.717) is 25.5 Å². The molecule has 3 aliphatic rings. The van der Waals surface area contributed by atoms with Crippen LogP contribution < -0.4 is 5.32 Å². The summed E-state index contributed by atoms with van der Waals surface area (Å²) in [7, 11) is 0. The van der Waals surface area contributed by atoms with Gasteiger partial charge in [0.1, 0.15) is 0 Å². The number of hydrogen-bond acceptors (Lipinski definition) is 6. The largest absolute Gasteiger partial charge is 0.466 e. The van der Waals surface area contributed by atoms with Gasteiger partial charge in [0.15, 0.2) is 0 Å². The fourth-order valence-corrected chi connectivity index (χ4v) is 4.78. The maximum Gasteiger partial charge on any atom is 0.305 e. The second-order valence-electron chi connectivity index (χ2n) is 8.46. The van der Waals surface area contributed by atoms with Crippen molar-refractivity contribution in [2.24, 2.45) is 5.92 Å². The molecule has 1 N–H and O–H groups in total. The van der Waals surface area contributed by atoms with Crippen molar-refractivity contribution >= 4 is 11.9 Å². The zero-order valence-electron chi connectivity index (χ0n) is 17.5. The van der Waals surface area contributed by atoms with Crippen LogP contribution in [0.2, 0.25) is 0 Å². The highest BCUT2D eigenvalue weighted by Gasteiger charge is 2.28. The van der Waals surface area contributed by atoms with Crippen LogP contribution in [0.3, 0.4) is 0 Å². The fourth-order valence-electron chi connectivity index (χ4n) is 4.78. The van der Waals surface area contributed by atoms with Gasteiger partial charge in [0.05, 0.1) is 13.2 Å². The first kappa shape index (κ1) is 21.5. The first-order valence-corrected chi connectivity index (χ1v) is 11.3. The Kier molecular flexibility index (Phi) is 8.55. The number of nitrogens with zero attached hydrogens (tertiary/aromatic N) is 3. The second-order valence-corrected chi connectivity index (χ2v) is 8.46. The quantitative estimate of drug-likeness (QED) is 0.649. The van der Waals surface area contributed by atoms with Crippen molar-refractivity contribution in [3.05, 3.63) is 0 Å². The lowest BCUT2D eigenvalue weighted by Crippen LogP contribution is -2.54. The molecule has 0 aliphatic carbocycles. The van der Waals surface area contributed by atoms with Crippen LogP contribution in [-0.4, -0.2) is 98.1 Å². The SMILES string of the molecule is CCOC(=O)CCC1CCN(C(=O)CN2CCN(C3CCNCC3)CC2)CC1. The number of ether oxygens (including phenoxy) is 1. The Morgan fingerprint density at radius 3 is 2.29 bits per heavy atom. The zero-order valence-corrected chi connectivity index (χ0v) is 17.5. The summed E-state index contributed by atoms with van der Waals surface area (Å²) < 4.78 is 5.01. The summed E-state index contributed by atoms with van der Waals surface area (Å²) in [4.78, 5) is 31.2. The Labute approximate surface area is 169 Å². The highest BCUT2D eigenvalue weighted by Crippen LogP contribution is 2.22. The van der Waals surface area contributed by atoms with Gasteiger partial charge in [-0.05, 0) is 58.0 Å². The maximum atomic E-state index is 12.7. The van der Waals surface area contributed by atoms with Gasteiger partial charge in [0, 0.05) is 51.7 Å². The number of likely N-dealkylation sites (tertiary alicyclic amines) is 1. The summed E-state index contributed by atoms with van der Waals surface area (Å²) in [6.07, 6.45) is 5.92. The predicted molar refractivity (Wildman–Crippen MR) is 109 cm³/mol. The molecule has 0 aromatic rings. The van der Waals surface area contributed by atoms with Gasteiger partial charge in [-0.15, -0.1) is 0 Å². The molecule has 7 nitrogen and oxygen atoms in total. The molecule has 3 aliphatic heterocycles. The number of hydrogen-bond donors (Lipinski definition) is 1. The molecule has 1 amide bonds. The van der Waals surface area contributed by atoms with Gasteiger partial charge in [-0.2, -0.15) is 0 Å². The van der Waals surface area contributed by atoms with Crippen LogP contribution in [0.1, 0.15) is 45.4 Å².